The summed E-state index contributed by atoms with van der Waals surface area (Å²) in [4.78, 5) is 14.6. The van der Waals surface area contributed by atoms with E-state index in [0.29, 0.717) is 12.3 Å². The van der Waals surface area contributed by atoms with Crippen LogP contribution < -0.4 is 0 Å². The molecule has 0 aliphatic rings. The Balaban J connectivity index is 2.54. The first-order valence-corrected chi connectivity index (χ1v) is 5.95. The summed E-state index contributed by atoms with van der Waals surface area (Å²) in [5.41, 5.74) is 1.04. The van der Waals surface area contributed by atoms with Gasteiger partial charge < -0.3 is 4.90 Å². The van der Waals surface area contributed by atoms with E-state index in [1.165, 1.54) is 0 Å². The fourth-order valence-electron chi connectivity index (χ4n) is 1.57. The van der Waals surface area contributed by atoms with Gasteiger partial charge in [-0.05, 0) is 23.6 Å². The van der Waals surface area contributed by atoms with Gasteiger partial charge in [-0.25, -0.2) is 0 Å². The molecule has 1 aromatic carbocycles. The lowest BCUT2D eigenvalue weighted by Gasteiger charge is -2.19. The fraction of sp³-hybridized carbons (Fsp3) is 0.462. The summed E-state index contributed by atoms with van der Waals surface area (Å²) in [6, 6.07) is 7.72. The van der Waals surface area contributed by atoms with Crippen LogP contribution >= 0.6 is 12.6 Å². The van der Waals surface area contributed by atoms with Crippen molar-refractivity contribution in [2.45, 2.75) is 25.2 Å². The van der Waals surface area contributed by atoms with Crippen LogP contribution in [0.2, 0.25) is 0 Å². The van der Waals surface area contributed by atoms with Crippen molar-refractivity contribution in [3.63, 3.8) is 0 Å². The molecule has 1 amide bonds. The molecule has 0 spiro atoms. The molecule has 0 radical (unpaired) electrons. The number of benzene rings is 1. The Hall–Kier alpha value is -0.960. The number of carbonyl (C=O) groups excluding carboxylic acids is 1. The molecule has 1 aromatic rings. The molecule has 0 aliphatic heterocycles. The fourth-order valence-corrected chi connectivity index (χ4v) is 1.72. The maximum Gasteiger partial charge on any atom is 0.226 e. The van der Waals surface area contributed by atoms with E-state index in [1.54, 1.807) is 4.90 Å². The predicted molar refractivity (Wildman–Crippen MR) is 69.9 cm³/mol. The van der Waals surface area contributed by atoms with Crippen LogP contribution in [0.1, 0.15) is 19.4 Å². The van der Waals surface area contributed by atoms with E-state index in [4.69, 9.17) is 0 Å². The lowest BCUT2D eigenvalue weighted by molar-refractivity contribution is -0.129. The second kappa shape index (κ2) is 5.94. The van der Waals surface area contributed by atoms with E-state index in [0.717, 1.165) is 17.0 Å². The van der Waals surface area contributed by atoms with E-state index in [-0.39, 0.29) is 5.91 Å². The van der Waals surface area contributed by atoms with Crippen LogP contribution in [0.3, 0.4) is 0 Å². The highest BCUT2D eigenvalue weighted by Gasteiger charge is 2.10. The highest BCUT2D eigenvalue weighted by molar-refractivity contribution is 7.80. The highest BCUT2D eigenvalue weighted by atomic mass is 32.1. The summed E-state index contributed by atoms with van der Waals surface area (Å²) in [5.74, 6) is 0.675. The molecule has 0 saturated heterocycles. The Kier molecular flexibility index (Phi) is 4.87. The zero-order valence-electron chi connectivity index (χ0n) is 10.1. The monoisotopic (exact) mass is 237 g/mol. The second-order valence-electron chi connectivity index (χ2n) is 4.51. The third kappa shape index (κ3) is 4.27. The third-order valence-corrected chi connectivity index (χ3v) is 2.65. The van der Waals surface area contributed by atoms with Crippen molar-refractivity contribution >= 4 is 18.5 Å². The van der Waals surface area contributed by atoms with Gasteiger partial charge in [-0.15, -0.1) is 12.6 Å². The number of nitrogens with zero attached hydrogens (tertiary/aromatic N) is 1. The molecular formula is C13H19NOS. The van der Waals surface area contributed by atoms with Gasteiger partial charge in [0, 0.05) is 18.5 Å². The summed E-state index contributed by atoms with van der Waals surface area (Å²) in [7, 11) is 1.86. The number of amides is 1. The maximum atomic E-state index is 11.8. The van der Waals surface area contributed by atoms with E-state index in [2.05, 4.69) is 26.5 Å². The van der Waals surface area contributed by atoms with E-state index in [1.807, 2.05) is 31.3 Å². The average molecular weight is 237 g/mol. The summed E-state index contributed by atoms with van der Waals surface area (Å²) >= 11 is 4.21. The maximum absolute atomic E-state index is 11.8. The number of hydrogen-bond donors (Lipinski definition) is 1. The minimum Gasteiger partial charge on any atom is -0.345 e. The van der Waals surface area contributed by atoms with Gasteiger partial charge >= 0.3 is 0 Å². The van der Waals surface area contributed by atoms with Gasteiger partial charge in [0.25, 0.3) is 0 Å². The predicted octanol–water partition coefficient (Wildman–Crippen LogP) is 2.63. The van der Waals surface area contributed by atoms with Crippen molar-refractivity contribution < 1.29 is 4.79 Å². The molecule has 0 fully saturated rings. The summed E-state index contributed by atoms with van der Waals surface area (Å²) in [5, 5.41) is 0. The number of carbonyl (C=O) groups is 1. The lowest BCUT2D eigenvalue weighted by Crippen LogP contribution is -2.31. The number of likely N-dealkylation sites (N-methyl/N-ethyl adjacent to an activating group) is 1. The first-order chi connectivity index (χ1) is 7.49. The van der Waals surface area contributed by atoms with Crippen LogP contribution in [-0.2, 0) is 11.2 Å². The van der Waals surface area contributed by atoms with Crippen LogP contribution in [-0.4, -0.2) is 24.4 Å². The SMILES string of the molecule is CC(C)CN(C)C(=O)Cc1ccc(S)cc1. The van der Waals surface area contributed by atoms with Crippen molar-refractivity contribution in [2.75, 3.05) is 13.6 Å². The molecule has 0 unspecified atom stereocenters. The molecule has 2 nitrogen and oxygen atoms in total. The molecule has 0 bridgehead atoms. The smallest absolute Gasteiger partial charge is 0.226 e. The topological polar surface area (TPSA) is 20.3 Å². The Morgan fingerprint density at radius 3 is 2.38 bits per heavy atom. The zero-order chi connectivity index (χ0) is 12.1. The highest BCUT2D eigenvalue weighted by Crippen LogP contribution is 2.09. The van der Waals surface area contributed by atoms with Gasteiger partial charge in [-0.1, -0.05) is 26.0 Å². The van der Waals surface area contributed by atoms with Gasteiger partial charge in [0.05, 0.1) is 6.42 Å². The summed E-state index contributed by atoms with van der Waals surface area (Å²) in [6.07, 6.45) is 0.470. The van der Waals surface area contributed by atoms with Crippen molar-refractivity contribution in [3.05, 3.63) is 29.8 Å². The lowest BCUT2D eigenvalue weighted by atomic mass is 10.1. The van der Waals surface area contributed by atoms with Crippen LogP contribution in [0.5, 0.6) is 0 Å². The Bertz CT molecular complexity index is 345. The van der Waals surface area contributed by atoms with Gasteiger partial charge in [-0.2, -0.15) is 0 Å². The Morgan fingerprint density at radius 2 is 1.88 bits per heavy atom. The molecule has 1 rings (SSSR count). The van der Waals surface area contributed by atoms with E-state index in [9.17, 15) is 4.79 Å². The molecule has 0 N–H and O–H groups in total. The molecule has 88 valence electrons. The second-order valence-corrected chi connectivity index (χ2v) is 5.03. The largest absolute Gasteiger partial charge is 0.345 e. The number of hydrogen-bond acceptors (Lipinski definition) is 2. The van der Waals surface area contributed by atoms with E-state index < -0.39 is 0 Å². The van der Waals surface area contributed by atoms with Crippen molar-refractivity contribution in [2.24, 2.45) is 5.92 Å². The molecule has 16 heavy (non-hydrogen) atoms. The first kappa shape index (κ1) is 13.1. The molecule has 0 aliphatic carbocycles. The quantitative estimate of drug-likeness (QED) is 0.798. The molecule has 0 aromatic heterocycles. The van der Waals surface area contributed by atoms with Gasteiger partial charge in [-0.3, -0.25) is 4.79 Å². The molecule has 0 heterocycles. The number of thiol groups is 1. The normalized spacial score (nSPS) is 10.6. The minimum atomic E-state index is 0.167. The average Bonchev–Trinajstić information content (AvgIpc) is 2.20. The third-order valence-electron chi connectivity index (χ3n) is 2.36. The molecule has 0 atom stereocenters. The van der Waals surface area contributed by atoms with Gasteiger partial charge in [0.15, 0.2) is 0 Å². The summed E-state index contributed by atoms with van der Waals surface area (Å²) < 4.78 is 0. The van der Waals surface area contributed by atoms with Crippen molar-refractivity contribution in [3.8, 4) is 0 Å². The van der Waals surface area contributed by atoms with Crippen molar-refractivity contribution in [1.82, 2.24) is 4.90 Å². The molecular weight excluding hydrogens is 218 g/mol. The standard InChI is InChI=1S/C13H19NOS/c1-10(2)9-14(3)13(15)8-11-4-6-12(16)7-5-11/h4-7,10,16H,8-9H2,1-3H3. The van der Waals surface area contributed by atoms with Crippen molar-refractivity contribution in [1.29, 1.82) is 0 Å². The van der Waals surface area contributed by atoms with Gasteiger partial charge in [0.2, 0.25) is 5.91 Å². The Morgan fingerprint density at radius 1 is 1.31 bits per heavy atom. The number of rotatable bonds is 4. The van der Waals surface area contributed by atoms with Crippen LogP contribution in [0.4, 0.5) is 0 Å². The zero-order valence-corrected chi connectivity index (χ0v) is 11.0. The minimum absolute atomic E-state index is 0.167. The van der Waals surface area contributed by atoms with E-state index >= 15 is 0 Å². The molecule has 0 saturated carbocycles. The molecule has 3 heteroatoms. The van der Waals surface area contributed by atoms with Crippen LogP contribution in [0.15, 0.2) is 29.2 Å². The van der Waals surface area contributed by atoms with Gasteiger partial charge in [0.1, 0.15) is 0 Å². The summed E-state index contributed by atoms with van der Waals surface area (Å²) in [6.45, 7) is 5.03. The first-order valence-electron chi connectivity index (χ1n) is 5.51. The van der Waals surface area contributed by atoms with Crippen LogP contribution in [0.25, 0.3) is 0 Å². The Labute approximate surface area is 103 Å². The van der Waals surface area contributed by atoms with Crippen LogP contribution in [0, 0.1) is 5.92 Å².